The van der Waals surface area contributed by atoms with E-state index in [-0.39, 0.29) is 53.2 Å². The van der Waals surface area contributed by atoms with Crippen molar-refractivity contribution in [3.05, 3.63) is 184 Å². The fourth-order valence-corrected chi connectivity index (χ4v) is 13.3. The van der Waals surface area contributed by atoms with Gasteiger partial charge in [-0.3, -0.25) is 14.8 Å². The van der Waals surface area contributed by atoms with Crippen LogP contribution in [0.25, 0.3) is 5.32 Å². The molecule has 0 N–H and O–H groups in total. The van der Waals surface area contributed by atoms with Gasteiger partial charge < -0.3 is 43.2 Å². The van der Waals surface area contributed by atoms with Gasteiger partial charge in [0, 0.05) is 70.9 Å². The van der Waals surface area contributed by atoms with Gasteiger partial charge in [0.25, 0.3) is 0 Å². The molecule has 1 amide bonds. The van der Waals surface area contributed by atoms with Crippen molar-refractivity contribution in [1.29, 1.82) is 5.26 Å². The molecule has 20 heteroatoms. The first-order valence-corrected chi connectivity index (χ1v) is 33.9. The first kappa shape index (κ1) is 75.2. The molecule has 514 valence electrons. The van der Waals surface area contributed by atoms with Gasteiger partial charge in [-0.1, -0.05) is 161 Å². The maximum absolute atomic E-state index is 13.3. The smallest absolute Gasteiger partial charge is 0.664 e. The van der Waals surface area contributed by atoms with E-state index in [0.29, 0.717) is 77.5 Å². The number of hydrogen-bond donors (Lipinski definition) is 0. The van der Waals surface area contributed by atoms with E-state index in [9.17, 15) is 10.1 Å². The van der Waals surface area contributed by atoms with Crippen molar-refractivity contribution in [2.45, 2.75) is 221 Å². The number of benzene rings is 4. The second-order valence-electron chi connectivity index (χ2n) is 29.3. The number of halogens is 1. The molecule has 0 aliphatic carbocycles. The van der Waals surface area contributed by atoms with E-state index in [1.165, 1.54) is 0 Å². The Morgan fingerprint density at radius 3 is 1.41 bits per heavy atom. The van der Waals surface area contributed by atoms with Gasteiger partial charge >= 0.3 is 16.5 Å². The Hall–Kier alpha value is -5.63. The zero-order chi connectivity index (χ0) is 67.9. The van der Waals surface area contributed by atoms with Crippen LogP contribution in [0, 0.1) is 43.2 Å². The van der Waals surface area contributed by atoms with Crippen LogP contribution in [0.1, 0.15) is 151 Å². The molecule has 3 saturated heterocycles. The van der Waals surface area contributed by atoms with Crippen molar-refractivity contribution < 1.29 is 88.1 Å². The Morgan fingerprint density at radius 1 is 0.579 bits per heavy atom. The second kappa shape index (κ2) is 31.1. The molecule has 0 bridgehead atoms. The number of ether oxygens (including phenoxy) is 8. The molecular formula is C75H94ClN5NiO13. The van der Waals surface area contributed by atoms with Crippen LogP contribution in [0.5, 0.6) is 0 Å². The van der Waals surface area contributed by atoms with Gasteiger partial charge in [-0.2, -0.15) is 11.0 Å². The van der Waals surface area contributed by atoms with Crippen LogP contribution >= 0.6 is 0 Å². The number of carbonyl (C=O) groups is 1. The topological polar surface area (TPSA) is 258 Å². The normalized spacial score (nSPS) is 32.3. The van der Waals surface area contributed by atoms with Gasteiger partial charge in [0.05, 0.1) is 111 Å². The maximum Gasteiger partial charge on any atom is 2.00 e. The standard InChI is InChI=1S/C75H95N5O9.ClHO4.Ni/c1-50-59(82-43-52-26-18-14-19-27-52)36-61(84-45-54-30-22-16-23-31-54)67(88-50)73(11)40-57(35-63-72(10,42-66(81)79-63)49-87-70(6,7)8)78-65(73)38-64-71(9,48-86-69(3,4)5)39-56(77-64)34-58-41-74(12,75(13,47-76)80-58)68-62(85-46-55-32-24-17-25-33-55)37-60(51(2)89-68)83-44-53-28-20-15-21-29-53;2-1(3,4)5;/h14-35,38,50-51,59-62,67-68H,36-37,39-46,48-49H2,1-13H3,(H,77,78,79,80,81);(H,2,3,4,5);/q;;+2/p-2/t50-,51-,59-,60-,61-,62-,67-,68-,71?,72?,73+,74-,75?;;/m1../s1. The van der Waals surface area contributed by atoms with Crippen molar-refractivity contribution in [3.8, 4) is 6.07 Å². The SMILES string of the molecule is C[C@H]1O[C@@H]([C@@]2(C)C/C(=C/C3=NC(=O)CC3(C)COC(C)(C)C)[N-]/C2=C\C2=NC(=C\C3=NC(C)(C#N)[C@@](C)([C@@H]4O[C@H](C)[C@H](OCc5ccccc5)C[C@H]4OCc4ccccc4)C3)/CC2(C)COC(C)(C)C)[C@H](OCc2ccccc2)C[C@H]1OCc1ccccc1.[Ni+2].[O-][Cl+3]([O-])([O-])[O-]. The van der Waals surface area contributed by atoms with Crippen LogP contribution in [0.15, 0.2) is 172 Å². The maximum atomic E-state index is 13.3. The zero-order valence-electron chi connectivity index (χ0n) is 57.1. The summed E-state index contributed by atoms with van der Waals surface area (Å²) in [5.41, 5.74) is 3.90. The van der Waals surface area contributed by atoms with Gasteiger partial charge in [0.1, 0.15) is 0 Å². The summed E-state index contributed by atoms with van der Waals surface area (Å²) in [6.07, 6.45) is 6.17. The third-order valence-corrected chi connectivity index (χ3v) is 18.9. The summed E-state index contributed by atoms with van der Waals surface area (Å²) in [6, 6.07) is 43.5. The number of nitriles is 1. The summed E-state index contributed by atoms with van der Waals surface area (Å²) in [6.45, 7) is 29.3. The van der Waals surface area contributed by atoms with E-state index in [1.807, 2.05) is 107 Å². The largest absolute Gasteiger partial charge is 2.00 e. The number of rotatable bonds is 21. The third-order valence-electron chi connectivity index (χ3n) is 18.9. The monoisotopic (exact) mass is 1370 g/mol. The first-order chi connectivity index (χ1) is 44.2. The molecule has 4 aromatic rings. The summed E-state index contributed by atoms with van der Waals surface area (Å²) >= 11 is 0. The third kappa shape index (κ3) is 19.6. The van der Waals surface area contributed by atoms with Gasteiger partial charge in [0.2, 0.25) is 5.91 Å². The molecule has 6 aliphatic rings. The van der Waals surface area contributed by atoms with Crippen LogP contribution in [-0.2, 0) is 85.6 Å². The van der Waals surface area contributed by atoms with E-state index in [4.69, 9.17) is 71.8 Å². The molecule has 0 spiro atoms. The molecule has 13 atom stereocenters. The van der Waals surface area contributed by atoms with Crippen molar-refractivity contribution in [1.82, 2.24) is 0 Å². The van der Waals surface area contributed by atoms with E-state index in [2.05, 4.69) is 134 Å². The summed E-state index contributed by atoms with van der Waals surface area (Å²) < 4.78 is 88.8. The molecule has 6 aliphatic heterocycles. The number of carbonyl (C=O) groups excluding carboxylic acids is 1. The molecule has 0 saturated carbocycles. The number of hydrogen-bond acceptors (Lipinski definition) is 16. The summed E-state index contributed by atoms with van der Waals surface area (Å²) in [4.78, 5) is 28.9. The zero-order valence-corrected chi connectivity index (χ0v) is 58.9. The molecule has 0 aromatic heterocycles. The van der Waals surface area contributed by atoms with E-state index < -0.39 is 73.1 Å². The molecule has 95 heavy (non-hydrogen) atoms. The number of nitrogens with zero attached hydrogens (tertiary/aromatic N) is 5. The van der Waals surface area contributed by atoms with Gasteiger partial charge in [-0.25, -0.2) is 23.6 Å². The van der Waals surface area contributed by atoms with Crippen molar-refractivity contribution in [2.75, 3.05) is 13.2 Å². The summed E-state index contributed by atoms with van der Waals surface area (Å²) in [7, 11) is -4.94. The van der Waals surface area contributed by atoms with Crippen molar-refractivity contribution in [3.63, 3.8) is 0 Å². The second-order valence-corrected chi connectivity index (χ2v) is 30.0. The molecule has 3 fully saturated rings. The van der Waals surface area contributed by atoms with Gasteiger partial charge in [-0.05, 0) is 97.1 Å². The van der Waals surface area contributed by atoms with Gasteiger partial charge in [0.15, 0.2) is 5.54 Å². The van der Waals surface area contributed by atoms with E-state index >= 15 is 0 Å². The number of allylic oxidation sites excluding steroid dienone is 5. The minimum absolute atomic E-state index is 0. The molecule has 4 aromatic carbocycles. The predicted molar refractivity (Wildman–Crippen MR) is 349 cm³/mol. The summed E-state index contributed by atoms with van der Waals surface area (Å²) in [5, 5.41) is 16.9. The van der Waals surface area contributed by atoms with Crippen LogP contribution in [0.4, 0.5) is 0 Å². The van der Waals surface area contributed by atoms with E-state index in [1.54, 1.807) is 0 Å². The van der Waals surface area contributed by atoms with Crippen LogP contribution in [0.2, 0.25) is 0 Å². The van der Waals surface area contributed by atoms with Crippen molar-refractivity contribution >= 4 is 23.0 Å². The van der Waals surface area contributed by atoms with Crippen LogP contribution in [0.3, 0.4) is 0 Å². The Kier molecular flexibility index (Phi) is 24.6. The van der Waals surface area contributed by atoms with Crippen molar-refractivity contribution in [2.24, 2.45) is 36.6 Å². The Balaban J connectivity index is 0.00000186. The van der Waals surface area contributed by atoms with Crippen LogP contribution in [-0.4, -0.2) is 102 Å². The predicted octanol–water partition coefficient (Wildman–Crippen LogP) is 10.4. The van der Waals surface area contributed by atoms with Crippen LogP contribution < -0.4 is 18.6 Å². The summed E-state index contributed by atoms with van der Waals surface area (Å²) in [5.74, 6) is -0.181. The Morgan fingerprint density at radius 2 is 0.979 bits per heavy atom. The quantitative estimate of drug-likeness (QED) is 0.0703. The molecule has 0 radical (unpaired) electrons. The average Bonchev–Trinajstić information content (AvgIpc) is 1.63. The van der Waals surface area contributed by atoms with Gasteiger partial charge in [-0.15, -0.1) is 15.9 Å². The first-order valence-electron chi connectivity index (χ1n) is 32.6. The molecule has 3 unspecified atom stereocenters. The molecular weight excluding hydrogens is 1270 g/mol. The molecule has 6 heterocycles. The molecule has 10 rings (SSSR count). The minimum atomic E-state index is -4.94. The number of aliphatic imine (C=N–C) groups is 3. The minimum Gasteiger partial charge on any atom is -0.664 e. The Bertz CT molecular complexity index is 3470. The molecule has 18 nitrogen and oxygen atoms in total. The fourth-order valence-electron chi connectivity index (χ4n) is 13.3. The Labute approximate surface area is 573 Å². The fraction of sp³-hybridized carbons (Fsp3) is 0.533. The average molecular weight is 1370 g/mol. The van der Waals surface area contributed by atoms with E-state index in [0.717, 1.165) is 50.8 Å². The number of amides is 1.